The van der Waals surface area contributed by atoms with E-state index < -0.39 is 0 Å². The molecule has 1 N–H and O–H groups in total. The van der Waals surface area contributed by atoms with Crippen LogP contribution in [0.5, 0.6) is 0 Å². The zero-order valence-corrected chi connectivity index (χ0v) is 16.7. The van der Waals surface area contributed by atoms with Crippen LogP contribution >= 0.6 is 0 Å². The molecule has 6 nitrogen and oxygen atoms in total. The fourth-order valence-electron chi connectivity index (χ4n) is 3.42. The average Bonchev–Trinajstić information content (AvgIpc) is 2.69. The summed E-state index contributed by atoms with van der Waals surface area (Å²) < 4.78 is 0. The highest BCUT2D eigenvalue weighted by atomic mass is 16.2. The third kappa shape index (κ3) is 6.46. The predicted octanol–water partition coefficient (Wildman–Crippen LogP) is 3.55. The standard InChI is InChI=1S/C20H35N5O/c1-4-6-12-24(3)20(26)10-9-17-8-7-13-25(15-17)19-14-18(21-11-5-2)22-16-23-19/h14,16-17H,4-13,15H2,1-3H3,(H,21,22,23)/t17-/m0/s1. The zero-order chi connectivity index (χ0) is 18.8. The Morgan fingerprint density at radius 2 is 2.19 bits per heavy atom. The molecule has 1 aliphatic rings. The van der Waals surface area contributed by atoms with E-state index in [1.54, 1.807) is 6.33 Å². The lowest BCUT2D eigenvalue weighted by Gasteiger charge is -2.33. The van der Waals surface area contributed by atoms with Crippen LogP contribution in [-0.2, 0) is 4.79 Å². The van der Waals surface area contributed by atoms with Gasteiger partial charge in [-0.3, -0.25) is 4.79 Å². The highest BCUT2D eigenvalue weighted by molar-refractivity contribution is 5.75. The highest BCUT2D eigenvalue weighted by Crippen LogP contribution is 2.25. The number of nitrogens with one attached hydrogen (secondary N) is 1. The Morgan fingerprint density at radius 1 is 1.35 bits per heavy atom. The number of hydrogen-bond acceptors (Lipinski definition) is 5. The van der Waals surface area contributed by atoms with Gasteiger partial charge in [0.25, 0.3) is 0 Å². The van der Waals surface area contributed by atoms with E-state index in [0.29, 0.717) is 12.3 Å². The first kappa shape index (κ1) is 20.5. The van der Waals surface area contributed by atoms with Crippen molar-refractivity contribution in [1.29, 1.82) is 0 Å². The lowest BCUT2D eigenvalue weighted by atomic mass is 9.93. The van der Waals surface area contributed by atoms with Crippen molar-refractivity contribution in [1.82, 2.24) is 14.9 Å². The van der Waals surface area contributed by atoms with Crippen LogP contribution in [0.4, 0.5) is 11.6 Å². The van der Waals surface area contributed by atoms with E-state index in [4.69, 9.17) is 0 Å². The van der Waals surface area contributed by atoms with Gasteiger partial charge in [0, 0.05) is 45.7 Å². The summed E-state index contributed by atoms with van der Waals surface area (Å²) in [6.07, 6.45) is 8.92. The van der Waals surface area contributed by atoms with E-state index in [2.05, 4.69) is 34.0 Å². The molecule has 6 heteroatoms. The summed E-state index contributed by atoms with van der Waals surface area (Å²) in [5, 5.41) is 3.33. The average molecular weight is 362 g/mol. The minimum atomic E-state index is 0.281. The van der Waals surface area contributed by atoms with E-state index in [0.717, 1.165) is 69.9 Å². The molecule has 1 atom stereocenters. The van der Waals surface area contributed by atoms with Crippen molar-refractivity contribution >= 4 is 17.5 Å². The maximum atomic E-state index is 12.3. The van der Waals surface area contributed by atoms with Crippen molar-refractivity contribution in [2.45, 2.75) is 58.8 Å². The Morgan fingerprint density at radius 3 is 2.96 bits per heavy atom. The first-order valence-corrected chi connectivity index (χ1v) is 10.2. The van der Waals surface area contributed by atoms with Gasteiger partial charge in [0.05, 0.1) is 0 Å². The maximum absolute atomic E-state index is 12.3. The first-order valence-electron chi connectivity index (χ1n) is 10.2. The molecule has 0 radical (unpaired) electrons. The lowest BCUT2D eigenvalue weighted by molar-refractivity contribution is -0.130. The molecule has 0 unspecified atom stereocenters. The highest BCUT2D eigenvalue weighted by Gasteiger charge is 2.22. The molecule has 26 heavy (non-hydrogen) atoms. The number of amides is 1. The SMILES string of the molecule is CCCCN(C)C(=O)CC[C@@H]1CCCN(c2cc(NCCC)ncn2)C1. The van der Waals surface area contributed by atoms with E-state index in [1.165, 1.54) is 6.42 Å². The Hall–Kier alpha value is -1.85. The third-order valence-electron chi connectivity index (χ3n) is 5.09. The molecule has 146 valence electrons. The van der Waals surface area contributed by atoms with Crippen molar-refractivity contribution < 1.29 is 4.79 Å². The molecule has 2 heterocycles. The molecule has 1 amide bonds. The van der Waals surface area contributed by atoms with Crippen molar-refractivity contribution in [2.24, 2.45) is 5.92 Å². The second-order valence-corrected chi connectivity index (χ2v) is 7.35. The van der Waals surface area contributed by atoms with Crippen molar-refractivity contribution in [3.05, 3.63) is 12.4 Å². The van der Waals surface area contributed by atoms with Gasteiger partial charge in [0.1, 0.15) is 18.0 Å². The lowest BCUT2D eigenvalue weighted by Crippen LogP contribution is -2.37. The van der Waals surface area contributed by atoms with Crippen LogP contribution in [0.3, 0.4) is 0 Å². The molecule has 0 aromatic carbocycles. The summed E-state index contributed by atoms with van der Waals surface area (Å²) in [6.45, 7) is 8.12. The van der Waals surface area contributed by atoms with Gasteiger partial charge in [-0.05, 0) is 38.0 Å². The Bertz CT molecular complexity index is 551. The van der Waals surface area contributed by atoms with E-state index >= 15 is 0 Å². The Balaban J connectivity index is 1.84. The van der Waals surface area contributed by atoms with Crippen LogP contribution in [0.25, 0.3) is 0 Å². The van der Waals surface area contributed by atoms with E-state index in [1.807, 2.05) is 18.0 Å². The quantitative estimate of drug-likeness (QED) is 0.690. The summed E-state index contributed by atoms with van der Waals surface area (Å²) >= 11 is 0. The second kappa shape index (κ2) is 11.0. The molecule has 2 rings (SSSR count). The zero-order valence-electron chi connectivity index (χ0n) is 16.7. The fourth-order valence-corrected chi connectivity index (χ4v) is 3.42. The first-order chi connectivity index (χ1) is 12.6. The van der Waals surface area contributed by atoms with Gasteiger partial charge in [-0.1, -0.05) is 20.3 Å². The van der Waals surface area contributed by atoms with Crippen LogP contribution in [0.15, 0.2) is 12.4 Å². The van der Waals surface area contributed by atoms with Crippen molar-refractivity contribution in [3.8, 4) is 0 Å². The number of aromatic nitrogens is 2. The van der Waals surface area contributed by atoms with Gasteiger partial charge in [-0.25, -0.2) is 9.97 Å². The number of nitrogens with zero attached hydrogens (tertiary/aromatic N) is 4. The molecule has 1 aromatic heterocycles. The maximum Gasteiger partial charge on any atom is 0.222 e. The minimum absolute atomic E-state index is 0.281. The molecule has 0 aliphatic carbocycles. The van der Waals surface area contributed by atoms with Gasteiger partial charge in [0.2, 0.25) is 5.91 Å². The molecule has 0 saturated carbocycles. The largest absolute Gasteiger partial charge is 0.370 e. The molecule has 0 bridgehead atoms. The van der Waals surface area contributed by atoms with Crippen molar-refractivity contribution in [2.75, 3.05) is 43.4 Å². The third-order valence-corrected chi connectivity index (χ3v) is 5.09. The van der Waals surface area contributed by atoms with Gasteiger partial charge in [0.15, 0.2) is 0 Å². The predicted molar refractivity (Wildman–Crippen MR) is 108 cm³/mol. The fraction of sp³-hybridized carbons (Fsp3) is 0.750. The summed E-state index contributed by atoms with van der Waals surface area (Å²) in [5.74, 6) is 2.74. The summed E-state index contributed by atoms with van der Waals surface area (Å²) in [6, 6.07) is 2.04. The smallest absolute Gasteiger partial charge is 0.222 e. The number of unbranched alkanes of at least 4 members (excludes halogenated alkanes) is 1. The van der Waals surface area contributed by atoms with E-state index in [9.17, 15) is 4.79 Å². The van der Waals surface area contributed by atoms with Crippen molar-refractivity contribution in [3.63, 3.8) is 0 Å². The van der Waals surface area contributed by atoms with Gasteiger partial charge in [-0.15, -0.1) is 0 Å². The molecule has 1 aromatic rings. The van der Waals surface area contributed by atoms with Gasteiger partial charge >= 0.3 is 0 Å². The van der Waals surface area contributed by atoms with E-state index in [-0.39, 0.29) is 5.91 Å². The molecule has 1 saturated heterocycles. The topological polar surface area (TPSA) is 61.4 Å². The number of carbonyl (C=O) groups excluding carboxylic acids is 1. The normalized spacial score (nSPS) is 17.2. The molecule has 0 spiro atoms. The second-order valence-electron chi connectivity index (χ2n) is 7.35. The van der Waals surface area contributed by atoms with Crippen LogP contribution in [0, 0.1) is 5.92 Å². The van der Waals surface area contributed by atoms with Crippen LogP contribution in [0.2, 0.25) is 0 Å². The molecular formula is C20H35N5O. The molecular weight excluding hydrogens is 326 g/mol. The summed E-state index contributed by atoms with van der Waals surface area (Å²) in [4.78, 5) is 25.3. The summed E-state index contributed by atoms with van der Waals surface area (Å²) in [7, 11) is 1.93. The number of anilines is 2. The minimum Gasteiger partial charge on any atom is -0.370 e. The monoisotopic (exact) mass is 361 g/mol. The summed E-state index contributed by atoms with van der Waals surface area (Å²) in [5.41, 5.74) is 0. The number of carbonyl (C=O) groups is 1. The molecule has 1 aliphatic heterocycles. The Kier molecular flexibility index (Phi) is 8.65. The van der Waals surface area contributed by atoms with Gasteiger partial charge < -0.3 is 15.1 Å². The van der Waals surface area contributed by atoms with Gasteiger partial charge in [-0.2, -0.15) is 0 Å². The number of piperidine rings is 1. The molecule has 1 fully saturated rings. The number of rotatable bonds is 10. The number of hydrogen-bond donors (Lipinski definition) is 1. The van der Waals surface area contributed by atoms with Crippen LogP contribution in [0.1, 0.15) is 58.8 Å². The van der Waals surface area contributed by atoms with Crippen LogP contribution < -0.4 is 10.2 Å². The van der Waals surface area contributed by atoms with Crippen LogP contribution in [-0.4, -0.2) is 54.0 Å². The Labute approximate surface area is 158 Å².